The summed E-state index contributed by atoms with van der Waals surface area (Å²) in [4.78, 5) is 28.8. The van der Waals surface area contributed by atoms with Crippen LogP contribution in [-0.4, -0.2) is 28.7 Å². The molecule has 0 atom stereocenters. The molecule has 0 aliphatic carbocycles. The molecule has 0 saturated heterocycles. The number of aromatic amines is 1. The molecule has 0 aliphatic heterocycles. The zero-order valence-electron chi connectivity index (χ0n) is 11.7. The minimum atomic E-state index is -0.551. The lowest BCUT2D eigenvalue weighted by Gasteiger charge is -2.08. The fraction of sp³-hybridized carbons (Fsp3) is 0.143. The van der Waals surface area contributed by atoms with E-state index in [-0.39, 0.29) is 5.65 Å². The highest BCUT2D eigenvalue weighted by Gasteiger charge is 2.17. The predicted octanol–water partition coefficient (Wildman–Crippen LogP) is 0.119. The van der Waals surface area contributed by atoms with Crippen molar-refractivity contribution in [3.8, 4) is 0 Å². The van der Waals surface area contributed by atoms with E-state index >= 15 is 0 Å². The lowest BCUT2D eigenvalue weighted by atomic mass is 10.2. The zero-order chi connectivity index (χ0) is 15.3. The number of nitrogens with zero attached hydrogens (tertiary/aromatic N) is 5. The van der Waals surface area contributed by atoms with Crippen LogP contribution in [-0.2, 0) is 13.6 Å². The van der Waals surface area contributed by atoms with Crippen molar-refractivity contribution in [2.24, 2.45) is 7.05 Å². The van der Waals surface area contributed by atoms with Gasteiger partial charge in [0.15, 0.2) is 11.3 Å². The molecule has 4 rings (SSSR count). The van der Waals surface area contributed by atoms with Gasteiger partial charge in [-0.2, -0.15) is 9.50 Å². The molecule has 1 N–H and O–H groups in total. The maximum absolute atomic E-state index is 12.7. The summed E-state index contributed by atoms with van der Waals surface area (Å²) in [7, 11) is 1.80. The first-order valence-electron chi connectivity index (χ1n) is 6.71. The number of fused-ring (bicyclic) bond motifs is 3. The van der Waals surface area contributed by atoms with E-state index in [9.17, 15) is 9.59 Å². The molecule has 1 aromatic carbocycles. The molecular weight excluding hydrogens is 284 g/mol. The van der Waals surface area contributed by atoms with Crippen LogP contribution in [0.1, 0.15) is 5.56 Å². The maximum Gasteiger partial charge on any atom is 0.352 e. The van der Waals surface area contributed by atoms with Crippen LogP contribution in [0.3, 0.4) is 0 Å². The Kier molecular flexibility index (Phi) is 2.52. The Bertz CT molecular complexity index is 1100. The van der Waals surface area contributed by atoms with E-state index in [4.69, 9.17) is 0 Å². The number of rotatable bonds is 2. The number of H-pyrrole nitrogens is 1. The first kappa shape index (κ1) is 12.6. The quantitative estimate of drug-likeness (QED) is 0.569. The van der Waals surface area contributed by atoms with Crippen molar-refractivity contribution >= 4 is 16.8 Å². The molecule has 110 valence electrons. The van der Waals surface area contributed by atoms with Gasteiger partial charge in [-0.05, 0) is 5.56 Å². The van der Waals surface area contributed by atoms with Crippen LogP contribution in [0.15, 0.2) is 46.2 Å². The number of aromatic nitrogens is 6. The summed E-state index contributed by atoms with van der Waals surface area (Å²) in [5.74, 6) is 0. The highest BCUT2D eigenvalue weighted by molar-refractivity contribution is 5.85. The molecule has 0 radical (unpaired) electrons. The van der Waals surface area contributed by atoms with Crippen LogP contribution in [0.4, 0.5) is 0 Å². The molecule has 0 unspecified atom stereocenters. The van der Waals surface area contributed by atoms with Crippen LogP contribution < -0.4 is 11.4 Å². The van der Waals surface area contributed by atoms with Gasteiger partial charge in [-0.25, -0.2) is 19.7 Å². The standard InChI is InChI=1S/C14H12N6O2/c1-18-8-15-11-10(18)12-16-17-13(21)20(12)14(22)19(11)7-9-5-3-2-4-6-9/h2-6,8H,7H2,1H3,(H,17,21). The molecule has 0 fully saturated rings. The average molecular weight is 296 g/mol. The molecule has 4 aromatic rings. The van der Waals surface area contributed by atoms with Crippen molar-refractivity contribution in [2.45, 2.75) is 6.54 Å². The number of benzene rings is 1. The van der Waals surface area contributed by atoms with Gasteiger partial charge in [0.25, 0.3) is 0 Å². The van der Waals surface area contributed by atoms with Crippen molar-refractivity contribution in [1.82, 2.24) is 28.7 Å². The van der Waals surface area contributed by atoms with Crippen LogP contribution in [0.2, 0.25) is 0 Å². The SMILES string of the molecule is Cn1cnc2c1c1n[nH]c(=O)n1c(=O)n2Cc1ccccc1. The molecule has 0 spiro atoms. The second-order valence-electron chi connectivity index (χ2n) is 5.07. The Morgan fingerprint density at radius 1 is 1.14 bits per heavy atom. The molecule has 8 nitrogen and oxygen atoms in total. The smallest absolute Gasteiger partial charge is 0.329 e. The fourth-order valence-corrected chi connectivity index (χ4v) is 2.63. The van der Waals surface area contributed by atoms with Gasteiger partial charge in [0, 0.05) is 7.05 Å². The zero-order valence-corrected chi connectivity index (χ0v) is 11.7. The van der Waals surface area contributed by atoms with Crippen LogP contribution in [0.25, 0.3) is 16.8 Å². The van der Waals surface area contributed by atoms with E-state index in [2.05, 4.69) is 15.2 Å². The van der Waals surface area contributed by atoms with E-state index in [1.54, 1.807) is 17.9 Å². The average Bonchev–Trinajstić information content (AvgIpc) is 3.08. The van der Waals surface area contributed by atoms with Crippen LogP contribution >= 0.6 is 0 Å². The molecule has 0 aliphatic rings. The number of hydrogen-bond acceptors (Lipinski definition) is 4. The highest BCUT2D eigenvalue weighted by atomic mass is 16.2. The second-order valence-corrected chi connectivity index (χ2v) is 5.07. The fourth-order valence-electron chi connectivity index (χ4n) is 2.63. The first-order valence-corrected chi connectivity index (χ1v) is 6.71. The Morgan fingerprint density at radius 3 is 2.68 bits per heavy atom. The first-order chi connectivity index (χ1) is 10.7. The summed E-state index contributed by atoms with van der Waals surface area (Å²) in [5, 5.41) is 6.26. The van der Waals surface area contributed by atoms with Gasteiger partial charge in [0.05, 0.1) is 12.9 Å². The number of hydrogen-bond donors (Lipinski definition) is 1. The maximum atomic E-state index is 12.7. The molecule has 0 amide bonds. The lowest BCUT2D eigenvalue weighted by Crippen LogP contribution is -2.33. The second kappa shape index (κ2) is 4.42. The largest absolute Gasteiger partial charge is 0.352 e. The lowest BCUT2D eigenvalue weighted by molar-refractivity contribution is 0.730. The Balaban J connectivity index is 2.12. The van der Waals surface area contributed by atoms with Gasteiger partial charge < -0.3 is 4.57 Å². The Hall–Kier alpha value is -3.16. The monoisotopic (exact) mass is 296 g/mol. The van der Waals surface area contributed by atoms with Crippen molar-refractivity contribution in [1.29, 1.82) is 0 Å². The van der Waals surface area contributed by atoms with Crippen LogP contribution in [0.5, 0.6) is 0 Å². The summed E-state index contributed by atoms with van der Waals surface area (Å²) < 4.78 is 4.26. The van der Waals surface area contributed by atoms with Gasteiger partial charge in [-0.15, -0.1) is 0 Å². The third-order valence-electron chi connectivity index (χ3n) is 3.66. The van der Waals surface area contributed by atoms with E-state index in [0.717, 1.165) is 9.96 Å². The predicted molar refractivity (Wildman–Crippen MR) is 79.9 cm³/mol. The van der Waals surface area contributed by atoms with E-state index in [1.807, 2.05) is 30.3 Å². The molecule has 0 saturated carbocycles. The third kappa shape index (κ3) is 1.63. The normalized spacial score (nSPS) is 11.5. The Morgan fingerprint density at radius 2 is 1.91 bits per heavy atom. The summed E-state index contributed by atoms with van der Waals surface area (Å²) in [5.41, 5.74) is 1.37. The molecule has 0 bridgehead atoms. The minimum Gasteiger partial charge on any atom is -0.329 e. The van der Waals surface area contributed by atoms with Gasteiger partial charge in [0.2, 0.25) is 0 Å². The van der Waals surface area contributed by atoms with E-state index in [0.29, 0.717) is 17.7 Å². The third-order valence-corrected chi connectivity index (χ3v) is 3.66. The topological polar surface area (TPSA) is 90.0 Å². The van der Waals surface area contributed by atoms with Crippen molar-refractivity contribution in [2.75, 3.05) is 0 Å². The van der Waals surface area contributed by atoms with Gasteiger partial charge in [-0.3, -0.25) is 4.57 Å². The Labute approximate surface area is 123 Å². The minimum absolute atomic E-state index is 0.286. The van der Waals surface area contributed by atoms with Gasteiger partial charge in [0.1, 0.15) is 5.52 Å². The van der Waals surface area contributed by atoms with E-state index in [1.165, 1.54) is 4.57 Å². The van der Waals surface area contributed by atoms with Gasteiger partial charge >= 0.3 is 11.4 Å². The summed E-state index contributed by atoms with van der Waals surface area (Å²) in [6.07, 6.45) is 1.60. The summed E-state index contributed by atoms with van der Waals surface area (Å²) >= 11 is 0. The van der Waals surface area contributed by atoms with Crippen molar-refractivity contribution < 1.29 is 0 Å². The summed E-state index contributed by atoms with van der Waals surface area (Å²) in [6, 6.07) is 9.55. The number of imidazole rings is 1. The highest BCUT2D eigenvalue weighted by Crippen LogP contribution is 2.14. The molecule has 8 heteroatoms. The number of aryl methyl sites for hydroxylation is 1. The van der Waals surface area contributed by atoms with Crippen LogP contribution in [0, 0.1) is 0 Å². The molecule has 3 aromatic heterocycles. The van der Waals surface area contributed by atoms with Crippen molar-refractivity contribution in [3.63, 3.8) is 0 Å². The number of nitrogens with one attached hydrogen (secondary N) is 1. The molecule has 22 heavy (non-hydrogen) atoms. The molecule has 3 heterocycles. The van der Waals surface area contributed by atoms with Crippen molar-refractivity contribution in [3.05, 3.63) is 63.2 Å². The van der Waals surface area contributed by atoms with E-state index < -0.39 is 11.4 Å². The van der Waals surface area contributed by atoms with Gasteiger partial charge in [-0.1, -0.05) is 30.3 Å². The molecular formula is C14H12N6O2. The summed E-state index contributed by atoms with van der Waals surface area (Å²) in [6.45, 7) is 0.334.